The summed E-state index contributed by atoms with van der Waals surface area (Å²) in [6, 6.07) is 7.66. The number of aryl methyl sites for hydroxylation is 1. The number of alkyl halides is 3. The molecule has 0 unspecified atom stereocenters. The third-order valence-electron chi connectivity index (χ3n) is 5.12. The first kappa shape index (κ1) is 21.6. The zero-order valence-corrected chi connectivity index (χ0v) is 17.3. The van der Waals surface area contributed by atoms with Crippen LogP contribution in [0.25, 0.3) is 11.5 Å². The van der Waals surface area contributed by atoms with E-state index in [-0.39, 0.29) is 6.03 Å². The number of urea groups is 1. The van der Waals surface area contributed by atoms with E-state index in [1.165, 1.54) is 12.1 Å². The van der Waals surface area contributed by atoms with Crippen molar-refractivity contribution in [2.75, 3.05) is 36.4 Å². The normalized spacial score (nSPS) is 14.5. The van der Waals surface area contributed by atoms with Crippen LogP contribution < -0.4 is 10.2 Å². The van der Waals surface area contributed by atoms with Crippen molar-refractivity contribution in [1.29, 1.82) is 0 Å². The molecule has 3 aromatic rings. The predicted octanol–water partition coefficient (Wildman–Crippen LogP) is 4.07. The number of carbonyl (C=O) groups excluding carboxylic acids is 1. The van der Waals surface area contributed by atoms with Gasteiger partial charge in [0, 0.05) is 44.5 Å². The number of halogens is 3. The molecule has 1 N–H and O–H groups in total. The molecule has 3 heterocycles. The molecule has 11 heteroatoms. The van der Waals surface area contributed by atoms with Gasteiger partial charge in [0.1, 0.15) is 5.82 Å². The van der Waals surface area contributed by atoms with Crippen LogP contribution in [0, 0.1) is 0 Å². The number of amides is 2. The Balaban J connectivity index is 1.39. The van der Waals surface area contributed by atoms with Crippen LogP contribution in [0.3, 0.4) is 0 Å². The van der Waals surface area contributed by atoms with Gasteiger partial charge in [-0.25, -0.2) is 9.78 Å². The van der Waals surface area contributed by atoms with E-state index in [9.17, 15) is 18.0 Å². The minimum atomic E-state index is -4.41. The molecule has 0 aliphatic carbocycles. The van der Waals surface area contributed by atoms with Gasteiger partial charge < -0.3 is 19.5 Å². The zero-order chi connectivity index (χ0) is 22.7. The lowest BCUT2D eigenvalue weighted by molar-refractivity contribution is -0.137. The maximum absolute atomic E-state index is 12.7. The van der Waals surface area contributed by atoms with Crippen molar-refractivity contribution in [3.05, 3.63) is 54.0 Å². The quantitative estimate of drug-likeness (QED) is 0.650. The average Bonchev–Trinajstić information content (AvgIpc) is 3.28. The van der Waals surface area contributed by atoms with Gasteiger partial charge in [-0.1, -0.05) is 6.92 Å². The van der Waals surface area contributed by atoms with Gasteiger partial charge in [0.15, 0.2) is 0 Å². The third kappa shape index (κ3) is 4.66. The highest BCUT2D eigenvalue weighted by Gasteiger charge is 2.30. The summed E-state index contributed by atoms with van der Waals surface area (Å²) in [7, 11) is 0. The van der Waals surface area contributed by atoms with E-state index in [4.69, 9.17) is 4.42 Å². The fourth-order valence-electron chi connectivity index (χ4n) is 3.39. The standard InChI is InChI=1S/C21H21F3N6O2/c1-2-17-27-28-19(32-17)16-4-3-9-25-18(16)29-10-12-30(13-11-29)20(31)26-15-7-5-14(6-8-15)21(22,23)24/h3-9H,2,10-13H2,1H3,(H,26,31). The summed E-state index contributed by atoms with van der Waals surface area (Å²) in [5.74, 6) is 1.63. The monoisotopic (exact) mass is 446 g/mol. The second-order valence-electron chi connectivity index (χ2n) is 7.21. The van der Waals surface area contributed by atoms with Crippen molar-refractivity contribution >= 4 is 17.5 Å². The zero-order valence-electron chi connectivity index (χ0n) is 17.3. The largest absolute Gasteiger partial charge is 0.421 e. The summed E-state index contributed by atoms with van der Waals surface area (Å²) in [6.07, 6.45) is -2.10. The lowest BCUT2D eigenvalue weighted by atomic mass is 10.2. The maximum Gasteiger partial charge on any atom is 0.416 e. The maximum atomic E-state index is 12.7. The minimum Gasteiger partial charge on any atom is -0.421 e. The highest BCUT2D eigenvalue weighted by molar-refractivity contribution is 5.89. The molecular formula is C21H21F3N6O2. The number of nitrogens with zero attached hydrogens (tertiary/aromatic N) is 5. The first-order chi connectivity index (χ1) is 15.3. The summed E-state index contributed by atoms with van der Waals surface area (Å²) >= 11 is 0. The lowest BCUT2D eigenvalue weighted by Crippen LogP contribution is -2.50. The molecule has 0 radical (unpaired) electrons. The molecule has 32 heavy (non-hydrogen) atoms. The van der Waals surface area contributed by atoms with E-state index < -0.39 is 11.7 Å². The van der Waals surface area contributed by atoms with E-state index in [1.807, 2.05) is 17.9 Å². The van der Waals surface area contributed by atoms with Gasteiger partial charge in [0.25, 0.3) is 5.89 Å². The molecule has 4 rings (SSSR count). The number of hydrogen-bond donors (Lipinski definition) is 1. The first-order valence-corrected chi connectivity index (χ1v) is 10.1. The van der Waals surface area contributed by atoms with Gasteiger partial charge >= 0.3 is 12.2 Å². The molecule has 0 saturated carbocycles. The van der Waals surface area contributed by atoms with Crippen molar-refractivity contribution in [2.45, 2.75) is 19.5 Å². The Morgan fingerprint density at radius 2 is 1.81 bits per heavy atom. The number of piperazine rings is 1. The molecule has 0 atom stereocenters. The third-order valence-corrected chi connectivity index (χ3v) is 5.12. The van der Waals surface area contributed by atoms with Crippen molar-refractivity contribution in [3.63, 3.8) is 0 Å². The average molecular weight is 446 g/mol. The second kappa shape index (κ2) is 8.85. The molecule has 1 aromatic carbocycles. The fraction of sp³-hybridized carbons (Fsp3) is 0.333. The lowest BCUT2D eigenvalue weighted by Gasteiger charge is -2.35. The summed E-state index contributed by atoms with van der Waals surface area (Å²) in [5, 5.41) is 10.7. The topological polar surface area (TPSA) is 87.4 Å². The Morgan fingerprint density at radius 1 is 1.09 bits per heavy atom. The molecular weight excluding hydrogens is 425 g/mol. The van der Waals surface area contributed by atoms with Crippen molar-refractivity contribution in [3.8, 4) is 11.5 Å². The van der Waals surface area contributed by atoms with Crippen LogP contribution in [-0.4, -0.2) is 52.3 Å². The van der Waals surface area contributed by atoms with E-state index >= 15 is 0 Å². The molecule has 8 nitrogen and oxygen atoms in total. The number of aromatic nitrogens is 3. The summed E-state index contributed by atoms with van der Waals surface area (Å²) in [6.45, 7) is 3.83. The van der Waals surface area contributed by atoms with Crippen LogP contribution in [0.4, 0.5) is 29.5 Å². The molecule has 1 aliphatic rings. The van der Waals surface area contributed by atoms with Gasteiger partial charge in [-0.15, -0.1) is 10.2 Å². The molecule has 0 bridgehead atoms. The van der Waals surface area contributed by atoms with Crippen LogP contribution in [0.15, 0.2) is 47.0 Å². The number of nitrogens with one attached hydrogen (secondary N) is 1. The SMILES string of the molecule is CCc1nnc(-c2cccnc2N2CCN(C(=O)Nc3ccc(C(F)(F)F)cc3)CC2)o1. The van der Waals surface area contributed by atoms with Crippen LogP contribution >= 0.6 is 0 Å². The van der Waals surface area contributed by atoms with Gasteiger partial charge in [-0.05, 0) is 36.4 Å². The number of benzene rings is 1. The molecule has 168 valence electrons. The Kier molecular flexibility index (Phi) is 5.97. The molecule has 2 aromatic heterocycles. The van der Waals surface area contributed by atoms with Crippen molar-refractivity contribution in [2.24, 2.45) is 0 Å². The van der Waals surface area contributed by atoms with Gasteiger partial charge in [-0.2, -0.15) is 13.2 Å². The Hall–Kier alpha value is -3.63. The van der Waals surface area contributed by atoms with Crippen LogP contribution in [-0.2, 0) is 12.6 Å². The first-order valence-electron chi connectivity index (χ1n) is 10.1. The van der Waals surface area contributed by atoms with Crippen molar-refractivity contribution < 1.29 is 22.4 Å². The number of pyridine rings is 1. The number of hydrogen-bond acceptors (Lipinski definition) is 6. The Bertz CT molecular complexity index is 1080. The van der Waals surface area contributed by atoms with Crippen LogP contribution in [0.1, 0.15) is 18.4 Å². The molecule has 0 spiro atoms. The highest BCUT2D eigenvalue weighted by atomic mass is 19.4. The molecule has 2 amide bonds. The highest BCUT2D eigenvalue weighted by Crippen LogP contribution is 2.30. The van der Waals surface area contributed by atoms with Crippen LogP contribution in [0.5, 0.6) is 0 Å². The predicted molar refractivity (Wildman–Crippen MR) is 111 cm³/mol. The fourth-order valence-corrected chi connectivity index (χ4v) is 3.39. The van der Waals surface area contributed by atoms with E-state index in [0.29, 0.717) is 55.9 Å². The van der Waals surface area contributed by atoms with Gasteiger partial charge in [0.2, 0.25) is 5.89 Å². The number of rotatable bonds is 4. The smallest absolute Gasteiger partial charge is 0.416 e. The number of carbonyl (C=O) groups is 1. The van der Waals surface area contributed by atoms with Gasteiger partial charge in [0.05, 0.1) is 11.1 Å². The molecule has 1 aliphatic heterocycles. The summed E-state index contributed by atoms with van der Waals surface area (Å²) in [4.78, 5) is 20.7. The summed E-state index contributed by atoms with van der Waals surface area (Å²) in [5.41, 5.74) is 0.269. The Labute approximate surface area is 182 Å². The van der Waals surface area contributed by atoms with E-state index in [1.54, 1.807) is 17.2 Å². The summed E-state index contributed by atoms with van der Waals surface area (Å²) < 4.78 is 43.7. The van der Waals surface area contributed by atoms with E-state index in [2.05, 4.69) is 20.5 Å². The van der Waals surface area contributed by atoms with E-state index in [0.717, 1.165) is 17.7 Å². The Morgan fingerprint density at radius 3 is 2.44 bits per heavy atom. The van der Waals surface area contributed by atoms with Crippen LogP contribution in [0.2, 0.25) is 0 Å². The van der Waals surface area contributed by atoms with Crippen molar-refractivity contribution in [1.82, 2.24) is 20.1 Å². The van der Waals surface area contributed by atoms with Gasteiger partial charge in [-0.3, -0.25) is 0 Å². The molecule has 1 saturated heterocycles. The second-order valence-corrected chi connectivity index (χ2v) is 7.21. The molecule has 1 fully saturated rings. The number of anilines is 2. The minimum absolute atomic E-state index is 0.306.